The molecule has 0 fully saturated rings. The zero-order valence-corrected chi connectivity index (χ0v) is 17.2. The van der Waals surface area contributed by atoms with Crippen LogP contribution >= 0.6 is 11.8 Å². The van der Waals surface area contributed by atoms with Crippen molar-refractivity contribution in [1.82, 2.24) is 14.6 Å². The highest BCUT2D eigenvalue weighted by Crippen LogP contribution is 2.27. The Balaban J connectivity index is 1.46. The summed E-state index contributed by atoms with van der Waals surface area (Å²) < 4.78 is 7.61. The maximum atomic E-state index is 12.4. The van der Waals surface area contributed by atoms with Gasteiger partial charge in [-0.25, -0.2) is 0 Å². The van der Waals surface area contributed by atoms with E-state index in [2.05, 4.69) is 39.0 Å². The first-order chi connectivity index (χ1) is 14.2. The van der Waals surface area contributed by atoms with Crippen LogP contribution in [0, 0.1) is 6.92 Å². The molecule has 6 nitrogen and oxygen atoms in total. The lowest BCUT2D eigenvalue weighted by Crippen LogP contribution is -2.13. The number of amides is 1. The fraction of sp³-hybridized carbons (Fsp3) is 0.227. The van der Waals surface area contributed by atoms with Gasteiger partial charge in [0.25, 0.3) is 0 Å². The largest absolute Gasteiger partial charge is 0.492 e. The van der Waals surface area contributed by atoms with Crippen LogP contribution in [0.25, 0.3) is 16.6 Å². The van der Waals surface area contributed by atoms with E-state index >= 15 is 0 Å². The summed E-state index contributed by atoms with van der Waals surface area (Å²) in [5.74, 6) is 1.23. The molecular formula is C22H22N4O2S. The molecule has 0 aliphatic carbocycles. The molecule has 148 valence electrons. The van der Waals surface area contributed by atoms with Crippen molar-refractivity contribution < 1.29 is 9.53 Å². The maximum absolute atomic E-state index is 12.4. The topological polar surface area (TPSA) is 68.5 Å². The van der Waals surface area contributed by atoms with Gasteiger partial charge >= 0.3 is 0 Å². The van der Waals surface area contributed by atoms with Crippen molar-refractivity contribution in [2.24, 2.45) is 0 Å². The number of carbonyl (C=O) groups is 1. The second-order valence-corrected chi connectivity index (χ2v) is 7.66. The number of fused-ring (bicyclic) bond motifs is 3. The van der Waals surface area contributed by atoms with Gasteiger partial charge in [-0.15, -0.1) is 10.2 Å². The Morgan fingerprint density at radius 1 is 1.14 bits per heavy atom. The lowest BCUT2D eigenvalue weighted by atomic mass is 10.1. The number of rotatable bonds is 7. The summed E-state index contributed by atoms with van der Waals surface area (Å²) in [7, 11) is 0. The average Bonchev–Trinajstić information content (AvgIpc) is 3.13. The third-order valence-electron chi connectivity index (χ3n) is 4.60. The monoisotopic (exact) mass is 406 g/mol. The molecule has 2 aromatic heterocycles. The molecule has 7 heteroatoms. The molecule has 4 aromatic rings. The van der Waals surface area contributed by atoms with Crippen LogP contribution < -0.4 is 10.1 Å². The van der Waals surface area contributed by atoms with Crippen LogP contribution in [0.1, 0.15) is 18.9 Å². The van der Waals surface area contributed by atoms with E-state index in [0.29, 0.717) is 30.2 Å². The highest BCUT2D eigenvalue weighted by Gasteiger charge is 2.13. The SMILES string of the molecule is CCOc1ccccc1NC(=O)CCSc1nnc2cc(C)c3ccccc3n12. The van der Waals surface area contributed by atoms with Crippen LogP contribution in [0.5, 0.6) is 5.75 Å². The molecule has 2 heterocycles. The predicted octanol–water partition coefficient (Wildman–Crippen LogP) is 4.71. The van der Waals surface area contributed by atoms with Crippen LogP contribution in [0.4, 0.5) is 5.69 Å². The second-order valence-electron chi connectivity index (χ2n) is 6.60. The smallest absolute Gasteiger partial charge is 0.225 e. The van der Waals surface area contributed by atoms with Gasteiger partial charge in [0.2, 0.25) is 5.91 Å². The normalized spacial score (nSPS) is 11.1. The van der Waals surface area contributed by atoms with Gasteiger partial charge in [0.1, 0.15) is 5.75 Å². The van der Waals surface area contributed by atoms with Crippen molar-refractivity contribution in [3.8, 4) is 5.75 Å². The molecule has 0 bridgehead atoms. The number of thioether (sulfide) groups is 1. The summed E-state index contributed by atoms with van der Waals surface area (Å²) in [5.41, 5.74) is 3.76. The molecule has 1 amide bonds. The van der Waals surface area contributed by atoms with Gasteiger partial charge in [-0.1, -0.05) is 42.1 Å². The van der Waals surface area contributed by atoms with Crippen LogP contribution in [-0.2, 0) is 4.79 Å². The Labute approximate surface area is 173 Å². The van der Waals surface area contributed by atoms with Gasteiger partial charge < -0.3 is 10.1 Å². The fourth-order valence-corrected chi connectivity index (χ4v) is 4.16. The lowest BCUT2D eigenvalue weighted by Gasteiger charge is -2.11. The van der Waals surface area contributed by atoms with E-state index in [1.165, 1.54) is 22.7 Å². The van der Waals surface area contributed by atoms with Crippen molar-refractivity contribution in [1.29, 1.82) is 0 Å². The van der Waals surface area contributed by atoms with Crippen molar-refractivity contribution in [3.63, 3.8) is 0 Å². The van der Waals surface area contributed by atoms with E-state index in [9.17, 15) is 4.79 Å². The van der Waals surface area contributed by atoms with Gasteiger partial charge in [0.05, 0.1) is 17.8 Å². The molecule has 0 aliphatic rings. The average molecular weight is 407 g/mol. The first-order valence-electron chi connectivity index (χ1n) is 9.55. The standard InChI is InChI=1S/C22H22N4O2S/c1-3-28-19-11-7-5-9-17(19)23-21(27)12-13-29-22-25-24-20-14-15(2)16-8-4-6-10-18(16)26(20)22/h4-11,14H,3,12-13H2,1-2H3,(H,23,27). The van der Waals surface area contributed by atoms with Crippen molar-refractivity contribution in [3.05, 3.63) is 60.2 Å². The highest BCUT2D eigenvalue weighted by atomic mass is 32.2. The molecule has 0 unspecified atom stereocenters. The third-order valence-corrected chi connectivity index (χ3v) is 5.53. The number of aryl methyl sites for hydroxylation is 1. The molecular weight excluding hydrogens is 384 g/mol. The molecule has 0 saturated heterocycles. The summed E-state index contributed by atoms with van der Waals surface area (Å²) in [6.45, 7) is 4.55. The van der Waals surface area contributed by atoms with Crippen molar-refractivity contribution >= 4 is 39.9 Å². The Morgan fingerprint density at radius 3 is 2.79 bits per heavy atom. The Hall–Kier alpha value is -3.06. The molecule has 29 heavy (non-hydrogen) atoms. The number of nitrogens with zero attached hydrogens (tertiary/aromatic N) is 3. The minimum Gasteiger partial charge on any atom is -0.492 e. The van der Waals surface area contributed by atoms with Gasteiger partial charge in [0.15, 0.2) is 10.8 Å². The predicted molar refractivity (Wildman–Crippen MR) is 117 cm³/mol. The number of ether oxygens (including phenoxy) is 1. The Morgan fingerprint density at radius 2 is 1.93 bits per heavy atom. The van der Waals surface area contributed by atoms with Crippen molar-refractivity contribution in [2.75, 3.05) is 17.7 Å². The number of carbonyl (C=O) groups excluding carboxylic acids is 1. The Bertz CT molecular complexity index is 1170. The van der Waals surface area contributed by atoms with E-state index in [1.807, 2.05) is 49.4 Å². The Kier molecular flexibility index (Phi) is 5.67. The number of benzene rings is 2. The quantitative estimate of drug-likeness (QED) is 0.450. The molecule has 2 aromatic carbocycles. The minimum atomic E-state index is -0.0563. The summed E-state index contributed by atoms with van der Waals surface area (Å²) in [6, 6.07) is 17.7. The number of nitrogens with one attached hydrogen (secondary N) is 1. The third kappa shape index (κ3) is 4.05. The van der Waals surface area contributed by atoms with Crippen LogP contribution in [0.15, 0.2) is 59.8 Å². The summed E-state index contributed by atoms with van der Waals surface area (Å²) in [6.07, 6.45) is 0.365. The number of hydrogen-bond donors (Lipinski definition) is 1. The number of para-hydroxylation sites is 3. The zero-order valence-electron chi connectivity index (χ0n) is 16.4. The van der Waals surface area contributed by atoms with E-state index in [0.717, 1.165) is 16.3 Å². The zero-order chi connectivity index (χ0) is 20.2. The van der Waals surface area contributed by atoms with Crippen LogP contribution in [0.2, 0.25) is 0 Å². The van der Waals surface area contributed by atoms with Crippen LogP contribution in [-0.4, -0.2) is 32.9 Å². The molecule has 1 N–H and O–H groups in total. The van der Waals surface area contributed by atoms with Crippen LogP contribution in [0.3, 0.4) is 0 Å². The van der Waals surface area contributed by atoms with Gasteiger partial charge in [-0.3, -0.25) is 9.20 Å². The molecule has 0 aliphatic heterocycles. The molecule has 0 atom stereocenters. The first-order valence-corrected chi connectivity index (χ1v) is 10.5. The molecule has 0 spiro atoms. The number of aromatic nitrogens is 3. The summed E-state index contributed by atoms with van der Waals surface area (Å²) in [5, 5.41) is 13.5. The van der Waals surface area contributed by atoms with E-state index in [4.69, 9.17) is 4.74 Å². The van der Waals surface area contributed by atoms with Gasteiger partial charge in [0, 0.05) is 17.6 Å². The second kappa shape index (κ2) is 8.53. The minimum absolute atomic E-state index is 0.0563. The van der Waals surface area contributed by atoms with E-state index in [-0.39, 0.29) is 5.91 Å². The summed E-state index contributed by atoms with van der Waals surface area (Å²) in [4.78, 5) is 12.4. The number of hydrogen-bond acceptors (Lipinski definition) is 5. The van der Waals surface area contributed by atoms with Gasteiger partial charge in [-0.2, -0.15) is 0 Å². The number of pyridine rings is 1. The highest BCUT2D eigenvalue weighted by molar-refractivity contribution is 7.99. The van der Waals surface area contributed by atoms with Crippen molar-refractivity contribution in [2.45, 2.75) is 25.4 Å². The fourth-order valence-electron chi connectivity index (χ4n) is 3.27. The maximum Gasteiger partial charge on any atom is 0.225 e. The number of anilines is 1. The summed E-state index contributed by atoms with van der Waals surface area (Å²) >= 11 is 1.53. The molecule has 0 saturated carbocycles. The van der Waals surface area contributed by atoms with E-state index < -0.39 is 0 Å². The molecule has 0 radical (unpaired) electrons. The lowest BCUT2D eigenvalue weighted by molar-refractivity contribution is -0.115. The first kappa shape index (κ1) is 19.3. The van der Waals surface area contributed by atoms with E-state index in [1.54, 1.807) is 0 Å². The van der Waals surface area contributed by atoms with Gasteiger partial charge in [-0.05, 0) is 43.7 Å². The molecule has 4 rings (SSSR count).